The number of benzene rings is 1. The van der Waals surface area contributed by atoms with E-state index in [1.807, 2.05) is 0 Å². The van der Waals surface area contributed by atoms with Crippen LogP contribution in [0.25, 0.3) is 0 Å². The largest absolute Gasteiger partial charge is 0.426 e. The van der Waals surface area contributed by atoms with Gasteiger partial charge in [-0.25, -0.2) is 0 Å². The van der Waals surface area contributed by atoms with Crippen molar-refractivity contribution in [1.29, 1.82) is 0 Å². The Hall–Kier alpha value is -1.56. The predicted octanol–water partition coefficient (Wildman–Crippen LogP) is 3.00. The number of carbonyl (C=O) groups is 1. The third-order valence-electron chi connectivity index (χ3n) is 3.33. The fourth-order valence-corrected chi connectivity index (χ4v) is 2.28. The van der Waals surface area contributed by atoms with Crippen LogP contribution in [0.5, 0.6) is 5.75 Å². The summed E-state index contributed by atoms with van der Waals surface area (Å²) in [6.45, 7) is 1.66. The first-order valence-corrected chi connectivity index (χ1v) is 6.54. The highest BCUT2D eigenvalue weighted by Crippen LogP contribution is 2.36. The van der Waals surface area contributed by atoms with E-state index in [-0.39, 0.29) is 12.3 Å². The Labute approximate surface area is 115 Å². The van der Waals surface area contributed by atoms with E-state index in [2.05, 4.69) is 5.32 Å². The zero-order valence-electron chi connectivity index (χ0n) is 10.9. The number of piperidine rings is 1. The average Bonchev–Trinajstić information content (AvgIpc) is 2.39. The Kier molecular flexibility index (Phi) is 4.65. The van der Waals surface area contributed by atoms with Crippen LogP contribution < -0.4 is 10.1 Å². The zero-order chi connectivity index (χ0) is 14.6. The minimum atomic E-state index is -4.52. The van der Waals surface area contributed by atoms with Gasteiger partial charge >= 0.3 is 12.1 Å². The number of ether oxygens (including phenoxy) is 1. The van der Waals surface area contributed by atoms with Crippen LogP contribution in [-0.4, -0.2) is 19.1 Å². The molecule has 1 aliphatic heterocycles. The van der Waals surface area contributed by atoms with E-state index >= 15 is 0 Å². The number of rotatable bonds is 3. The van der Waals surface area contributed by atoms with Crippen LogP contribution in [0.2, 0.25) is 0 Å². The Morgan fingerprint density at radius 1 is 1.25 bits per heavy atom. The molecule has 0 radical (unpaired) electrons. The van der Waals surface area contributed by atoms with Gasteiger partial charge < -0.3 is 10.1 Å². The average molecular weight is 287 g/mol. The van der Waals surface area contributed by atoms with E-state index in [1.54, 1.807) is 0 Å². The van der Waals surface area contributed by atoms with Crippen molar-refractivity contribution in [2.75, 3.05) is 13.1 Å². The van der Waals surface area contributed by atoms with Gasteiger partial charge in [-0.3, -0.25) is 4.79 Å². The lowest BCUT2D eigenvalue weighted by atomic mass is 9.95. The van der Waals surface area contributed by atoms with Crippen molar-refractivity contribution >= 4 is 5.97 Å². The summed E-state index contributed by atoms with van der Waals surface area (Å²) in [4.78, 5) is 11.7. The molecule has 0 aliphatic carbocycles. The van der Waals surface area contributed by atoms with Crippen molar-refractivity contribution in [2.24, 2.45) is 5.92 Å². The van der Waals surface area contributed by atoms with Crippen LogP contribution in [0.15, 0.2) is 24.3 Å². The monoisotopic (exact) mass is 287 g/mol. The molecule has 6 heteroatoms. The lowest BCUT2D eigenvalue weighted by Crippen LogP contribution is -2.29. The molecule has 1 N–H and O–H groups in total. The van der Waals surface area contributed by atoms with Crippen molar-refractivity contribution < 1.29 is 22.7 Å². The van der Waals surface area contributed by atoms with Gasteiger partial charge in [0.1, 0.15) is 5.75 Å². The van der Waals surface area contributed by atoms with Crippen LogP contribution >= 0.6 is 0 Å². The second-order valence-corrected chi connectivity index (χ2v) is 4.87. The molecule has 1 aromatic rings. The maximum atomic E-state index is 12.8. The third-order valence-corrected chi connectivity index (χ3v) is 3.33. The van der Waals surface area contributed by atoms with Crippen LogP contribution in [0.4, 0.5) is 13.2 Å². The van der Waals surface area contributed by atoms with Gasteiger partial charge in [0.05, 0.1) is 5.56 Å². The highest BCUT2D eigenvalue weighted by atomic mass is 19.4. The number of hydrogen-bond donors (Lipinski definition) is 1. The lowest BCUT2D eigenvalue weighted by molar-refractivity contribution is -0.142. The van der Waals surface area contributed by atoms with Gasteiger partial charge in [0.15, 0.2) is 0 Å². The number of hydrogen-bond acceptors (Lipinski definition) is 3. The van der Waals surface area contributed by atoms with Crippen molar-refractivity contribution in [2.45, 2.75) is 25.4 Å². The van der Waals surface area contributed by atoms with Crippen LogP contribution in [-0.2, 0) is 11.0 Å². The Balaban J connectivity index is 2.00. The molecule has 20 heavy (non-hydrogen) atoms. The van der Waals surface area contributed by atoms with Crippen molar-refractivity contribution in [3.05, 3.63) is 29.8 Å². The van der Waals surface area contributed by atoms with Gasteiger partial charge in [0.25, 0.3) is 0 Å². The van der Waals surface area contributed by atoms with Gasteiger partial charge in [-0.2, -0.15) is 13.2 Å². The molecule has 1 saturated heterocycles. The topological polar surface area (TPSA) is 38.3 Å². The fraction of sp³-hybridized carbons (Fsp3) is 0.500. The minimum absolute atomic E-state index is 0.161. The van der Waals surface area contributed by atoms with E-state index in [4.69, 9.17) is 4.74 Å². The Morgan fingerprint density at radius 3 is 2.55 bits per heavy atom. The maximum Gasteiger partial charge on any atom is 0.419 e. The lowest BCUT2D eigenvalue weighted by Gasteiger charge is -2.21. The SMILES string of the molecule is O=C(CC1CCNCC1)Oc1ccccc1C(F)(F)F. The first-order valence-electron chi connectivity index (χ1n) is 6.54. The number of carbonyl (C=O) groups excluding carboxylic acids is 1. The molecule has 1 aromatic carbocycles. The predicted molar refractivity (Wildman–Crippen MR) is 67.3 cm³/mol. The maximum absolute atomic E-state index is 12.8. The number of halogens is 3. The van der Waals surface area contributed by atoms with Crippen molar-refractivity contribution in [3.8, 4) is 5.75 Å². The molecule has 0 aromatic heterocycles. The van der Waals surface area contributed by atoms with Gasteiger partial charge in [-0.15, -0.1) is 0 Å². The highest BCUT2D eigenvalue weighted by Gasteiger charge is 2.34. The summed E-state index contributed by atoms with van der Waals surface area (Å²) in [5, 5.41) is 3.17. The van der Waals surface area contributed by atoms with E-state index in [9.17, 15) is 18.0 Å². The molecule has 0 saturated carbocycles. The van der Waals surface area contributed by atoms with Gasteiger partial charge in [-0.1, -0.05) is 12.1 Å². The van der Waals surface area contributed by atoms with Gasteiger partial charge in [-0.05, 0) is 44.0 Å². The van der Waals surface area contributed by atoms with Gasteiger partial charge in [0.2, 0.25) is 0 Å². The smallest absolute Gasteiger partial charge is 0.419 e. The highest BCUT2D eigenvalue weighted by molar-refractivity contribution is 5.73. The molecule has 1 aliphatic rings. The third kappa shape index (κ3) is 3.96. The molecule has 1 heterocycles. The van der Waals surface area contributed by atoms with Crippen LogP contribution in [0.1, 0.15) is 24.8 Å². The molecule has 1 fully saturated rings. The molecule has 110 valence electrons. The van der Waals surface area contributed by atoms with Crippen molar-refractivity contribution in [3.63, 3.8) is 0 Å². The summed E-state index contributed by atoms with van der Waals surface area (Å²) in [6, 6.07) is 4.77. The first-order chi connectivity index (χ1) is 9.47. The minimum Gasteiger partial charge on any atom is -0.426 e. The van der Waals surface area contributed by atoms with E-state index < -0.39 is 23.5 Å². The summed E-state index contributed by atoms with van der Waals surface area (Å²) in [6.07, 6.45) is -2.68. The molecule has 0 bridgehead atoms. The Morgan fingerprint density at radius 2 is 1.90 bits per heavy atom. The number of para-hydroxylation sites is 1. The number of nitrogens with one attached hydrogen (secondary N) is 1. The van der Waals surface area contributed by atoms with Crippen LogP contribution in [0.3, 0.4) is 0 Å². The fourth-order valence-electron chi connectivity index (χ4n) is 2.28. The summed E-state index contributed by atoms with van der Waals surface area (Å²) in [7, 11) is 0. The second kappa shape index (κ2) is 6.26. The number of alkyl halides is 3. The summed E-state index contributed by atoms with van der Waals surface area (Å²) < 4.78 is 43.2. The van der Waals surface area contributed by atoms with E-state index in [0.717, 1.165) is 32.0 Å². The van der Waals surface area contributed by atoms with E-state index in [1.165, 1.54) is 18.2 Å². The molecule has 0 amide bonds. The molecule has 3 nitrogen and oxygen atoms in total. The molecular formula is C14H16F3NO2. The summed E-state index contributed by atoms with van der Waals surface area (Å²) >= 11 is 0. The zero-order valence-corrected chi connectivity index (χ0v) is 10.9. The number of esters is 1. The molecule has 0 spiro atoms. The van der Waals surface area contributed by atoms with E-state index in [0.29, 0.717) is 0 Å². The normalized spacial score (nSPS) is 16.9. The quantitative estimate of drug-likeness (QED) is 0.686. The summed E-state index contributed by atoms with van der Waals surface area (Å²) in [5.74, 6) is -0.839. The molecular weight excluding hydrogens is 271 g/mol. The van der Waals surface area contributed by atoms with Gasteiger partial charge in [0, 0.05) is 6.42 Å². The first kappa shape index (κ1) is 14.8. The molecule has 0 atom stereocenters. The van der Waals surface area contributed by atoms with Crippen LogP contribution in [0, 0.1) is 5.92 Å². The second-order valence-electron chi connectivity index (χ2n) is 4.87. The molecule has 0 unspecified atom stereocenters. The van der Waals surface area contributed by atoms with Crippen molar-refractivity contribution in [1.82, 2.24) is 5.32 Å². The molecule has 2 rings (SSSR count). The standard InChI is InChI=1S/C14H16F3NO2/c15-14(16,17)11-3-1-2-4-12(11)20-13(19)9-10-5-7-18-8-6-10/h1-4,10,18H,5-9H2. The summed E-state index contributed by atoms with van der Waals surface area (Å²) in [5.41, 5.74) is -0.918. The Bertz CT molecular complexity index is 468.